The molecule has 31 heavy (non-hydrogen) atoms. The van der Waals surface area contributed by atoms with Crippen LogP contribution in [0, 0.1) is 16.0 Å². The van der Waals surface area contributed by atoms with Crippen LogP contribution in [0.3, 0.4) is 0 Å². The van der Waals surface area contributed by atoms with Crippen molar-refractivity contribution < 1.29 is 14.5 Å². The maximum Gasteiger partial charge on any atom is 0.293 e. The van der Waals surface area contributed by atoms with Crippen LogP contribution in [0.4, 0.5) is 17.2 Å². The number of hydrogen-bond acceptors (Lipinski definition) is 6. The fourth-order valence-corrected chi connectivity index (χ4v) is 4.38. The van der Waals surface area contributed by atoms with Crippen molar-refractivity contribution in [3.05, 3.63) is 52.2 Å². The molecule has 0 unspecified atom stereocenters. The Balaban J connectivity index is 1.48. The summed E-state index contributed by atoms with van der Waals surface area (Å²) in [4.78, 5) is 30.3. The van der Waals surface area contributed by atoms with E-state index in [0.29, 0.717) is 29.8 Å². The summed E-state index contributed by atoms with van der Waals surface area (Å²) in [5.74, 6) is 0.926. The maximum absolute atomic E-state index is 12.8. The third kappa shape index (κ3) is 5.13. The zero-order valence-corrected chi connectivity index (χ0v) is 17.6. The molecule has 1 saturated heterocycles. The van der Waals surface area contributed by atoms with Crippen LogP contribution >= 0.6 is 0 Å². The van der Waals surface area contributed by atoms with Gasteiger partial charge in [0.1, 0.15) is 5.69 Å². The van der Waals surface area contributed by atoms with E-state index in [9.17, 15) is 14.9 Å². The molecule has 1 aliphatic heterocycles. The first-order chi connectivity index (χ1) is 15.1. The van der Waals surface area contributed by atoms with Gasteiger partial charge < -0.3 is 15.0 Å². The normalized spacial score (nSPS) is 16.8. The van der Waals surface area contributed by atoms with E-state index in [1.165, 1.54) is 25.3 Å². The fraction of sp³-hybridized carbons (Fsp3) is 0.478. The molecule has 0 radical (unpaired) electrons. The summed E-state index contributed by atoms with van der Waals surface area (Å²) in [7, 11) is 0. The van der Waals surface area contributed by atoms with E-state index in [-0.39, 0.29) is 11.3 Å². The highest BCUT2D eigenvalue weighted by Crippen LogP contribution is 2.32. The van der Waals surface area contributed by atoms with E-state index in [0.717, 1.165) is 38.8 Å². The number of ether oxygens (including phenoxy) is 1. The first-order valence-corrected chi connectivity index (χ1v) is 11.0. The summed E-state index contributed by atoms with van der Waals surface area (Å²) in [6, 6.07) is 8.18. The van der Waals surface area contributed by atoms with Crippen LogP contribution in [0.15, 0.2) is 36.5 Å². The van der Waals surface area contributed by atoms with Crippen LogP contribution in [0.5, 0.6) is 5.75 Å². The highest BCUT2D eigenvalue weighted by molar-refractivity contribution is 6.05. The number of nitrogens with one attached hydrogen (secondary N) is 1. The van der Waals surface area contributed by atoms with E-state index < -0.39 is 10.8 Å². The van der Waals surface area contributed by atoms with Crippen molar-refractivity contribution in [1.29, 1.82) is 0 Å². The Labute approximate surface area is 181 Å². The molecule has 1 aliphatic carbocycles. The molecule has 0 atom stereocenters. The number of carbonyl (C=O) groups is 1. The van der Waals surface area contributed by atoms with Gasteiger partial charge in [-0.05, 0) is 55.9 Å². The SMILES string of the molecule is O=C(Nc1ncccc1OCC1CCCCC1)c1ccc(N2CCCC2)c([N+](=O)[O-])c1. The summed E-state index contributed by atoms with van der Waals surface area (Å²) >= 11 is 0. The molecule has 1 saturated carbocycles. The van der Waals surface area contributed by atoms with Crippen molar-refractivity contribution in [2.24, 2.45) is 5.92 Å². The summed E-state index contributed by atoms with van der Waals surface area (Å²) in [5.41, 5.74) is 0.733. The van der Waals surface area contributed by atoms with Crippen LogP contribution < -0.4 is 15.0 Å². The Bertz CT molecular complexity index is 937. The number of nitro groups is 1. The highest BCUT2D eigenvalue weighted by atomic mass is 16.6. The molecule has 2 aliphatic rings. The van der Waals surface area contributed by atoms with Crippen molar-refractivity contribution in [2.45, 2.75) is 44.9 Å². The number of pyridine rings is 1. The van der Waals surface area contributed by atoms with E-state index >= 15 is 0 Å². The van der Waals surface area contributed by atoms with Crippen LogP contribution in [-0.4, -0.2) is 35.5 Å². The van der Waals surface area contributed by atoms with E-state index in [1.54, 1.807) is 30.5 Å². The molecule has 0 bridgehead atoms. The molecule has 1 aromatic carbocycles. The maximum atomic E-state index is 12.8. The van der Waals surface area contributed by atoms with Gasteiger partial charge >= 0.3 is 0 Å². The predicted molar refractivity (Wildman–Crippen MR) is 119 cm³/mol. The third-order valence-corrected chi connectivity index (χ3v) is 6.08. The summed E-state index contributed by atoms with van der Waals surface area (Å²) in [5, 5.41) is 14.4. The fourth-order valence-electron chi connectivity index (χ4n) is 4.38. The number of benzene rings is 1. The molecule has 4 rings (SSSR count). The highest BCUT2D eigenvalue weighted by Gasteiger charge is 2.24. The molecular weight excluding hydrogens is 396 g/mol. The van der Waals surface area contributed by atoms with Crippen LogP contribution in [0.25, 0.3) is 0 Å². The smallest absolute Gasteiger partial charge is 0.293 e. The molecule has 1 aromatic heterocycles. The van der Waals surface area contributed by atoms with Crippen molar-refractivity contribution in [1.82, 2.24) is 4.98 Å². The van der Waals surface area contributed by atoms with Gasteiger partial charge in [-0.2, -0.15) is 0 Å². The van der Waals surface area contributed by atoms with Crippen LogP contribution in [-0.2, 0) is 0 Å². The summed E-state index contributed by atoms with van der Waals surface area (Å²) < 4.78 is 5.97. The second-order valence-electron chi connectivity index (χ2n) is 8.27. The average molecular weight is 425 g/mol. The number of nitrogens with zero attached hydrogens (tertiary/aromatic N) is 3. The Morgan fingerprint density at radius 1 is 1.16 bits per heavy atom. The van der Waals surface area contributed by atoms with E-state index in [2.05, 4.69) is 10.3 Å². The molecule has 2 heterocycles. The number of aromatic nitrogens is 1. The Morgan fingerprint density at radius 2 is 1.94 bits per heavy atom. The zero-order valence-electron chi connectivity index (χ0n) is 17.6. The minimum atomic E-state index is -0.447. The number of carbonyl (C=O) groups excluding carboxylic acids is 1. The molecule has 2 fully saturated rings. The Hall–Kier alpha value is -3.16. The number of nitro benzene ring substituents is 1. The van der Waals surface area contributed by atoms with Crippen molar-refractivity contribution in [2.75, 3.05) is 29.9 Å². The Kier molecular flexibility index (Phi) is 6.64. The first-order valence-electron chi connectivity index (χ1n) is 11.0. The third-order valence-electron chi connectivity index (χ3n) is 6.08. The lowest BCUT2D eigenvalue weighted by atomic mass is 9.90. The van der Waals surface area contributed by atoms with Gasteiger partial charge in [0.15, 0.2) is 11.6 Å². The van der Waals surface area contributed by atoms with Crippen molar-refractivity contribution in [3.8, 4) is 5.75 Å². The Morgan fingerprint density at radius 3 is 2.68 bits per heavy atom. The largest absolute Gasteiger partial charge is 0.489 e. The second kappa shape index (κ2) is 9.76. The molecule has 8 nitrogen and oxygen atoms in total. The lowest BCUT2D eigenvalue weighted by molar-refractivity contribution is -0.384. The van der Waals surface area contributed by atoms with E-state index in [4.69, 9.17) is 4.74 Å². The van der Waals surface area contributed by atoms with Gasteiger partial charge in [-0.25, -0.2) is 4.98 Å². The molecule has 8 heteroatoms. The van der Waals surface area contributed by atoms with Gasteiger partial charge in [0.25, 0.3) is 11.6 Å². The monoisotopic (exact) mass is 424 g/mol. The molecule has 0 spiro atoms. The molecule has 1 amide bonds. The second-order valence-corrected chi connectivity index (χ2v) is 8.27. The molecule has 164 valence electrons. The topological polar surface area (TPSA) is 97.6 Å². The van der Waals surface area contributed by atoms with Gasteiger partial charge in [-0.3, -0.25) is 14.9 Å². The van der Waals surface area contributed by atoms with Crippen LogP contribution in [0.1, 0.15) is 55.3 Å². The van der Waals surface area contributed by atoms with E-state index in [1.807, 2.05) is 4.90 Å². The van der Waals surface area contributed by atoms with Crippen molar-refractivity contribution in [3.63, 3.8) is 0 Å². The zero-order chi connectivity index (χ0) is 21.6. The predicted octanol–water partition coefficient (Wildman–Crippen LogP) is 4.80. The number of hydrogen-bond donors (Lipinski definition) is 1. The summed E-state index contributed by atoms with van der Waals surface area (Å²) in [6.45, 7) is 2.19. The quantitative estimate of drug-likeness (QED) is 0.506. The minimum absolute atomic E-state index is 0.0515. The average Bonchev–Trinajstić information content (AvgIpc) is 3.33. The molecule has 1 N–H and O–H groups in total. The van der Waals surface area contributed by atoms with Gasteiger partial charge in [-0.1, -0.05) is 19.3 Å². The van der Waals surface area contributed by atoms with Crippen molar-refractivity contribution >= 4 is 23.1 Å². The van der Waals surface area contributed by atoms with Gasteiger partial charge in [-0.15, -0.1) is 0 Å². The number of anilines is 2. The molecular formula is C23H28N4O4. The lowest BCUT2D eigenvalue weighted by Gasteiger charge is -2.22. The van der Waals surface area contributed by atoms with Gasteiger partial charge in [0.2, 0.25) is 0 Å². The first kappa shape index (κ1) is 21.1. The number of amides is 1. The standard InChI is InChI=1S/C23H28N4O4/c28-23(18-10-11-19(20(15-18)27(29)30)26-13-4-5-14-26)25-22-21(9-6-12-24-22)31-16-17-7-2-1-3-8-17/h6,9-12,15,17H,1-5,7-8,13-14,16H2,(H,24,25,28). The van der Waals surface area contributed by atoms with Crippen LogP contribution in [0.2, 0.25) is 0 Å². The molecule has 2 aromatic rings. The lowest BCUT2D eigenvalue weighted by Crippen LogP contribution is -2.20. The summed E-state index contributed by atoms with van der Waals surface area (Å²) in [6.07, 6.45) is 9.69. The number of rotatable bonds is 7. The minimum Gasteiger partial charge on any atom is -0.489 e. The van der Waals surface area contributed by atoms with Gasteiger partial charge in [0.05, 0.1) is 11.5 Å². The van der Waals surface area contributed by atoms with Gasteiger partial charge in [0, 0.05) is 30.9 Å².